The summed E-state index contributed by atoms with van der Waals surface area (Å²) in [6.07, 6.45) is -12.9. The Morgan fingerprint density at radius 1 is 0.952 bits per heavy atom. The van der Waals surface area contributed by atoms with E-state index in [9.17, 15) is 49.1 Å². The van der Waals surface area contributed by atoms with Crippen LogP contribution in [0.3, 0.4) is 0 Å². The van der Waals surface area contributed by atoms with Gasteiger partial charge in [-0.15, -0.1) is 0 Å². The van der Waals surface area contributed by atoms with Crippen molar-refractivity contribution in [3.05, 3.63) is 88.0 Å². The van der Waals surface area contributed by atoms with Gasteiger partial charge in [0.1, 0.15) is 24.3 Å². The molecule has 0 aromatic heterocycles. The maximum atomic E-state index is 15.1. The Balaban J connectivity index is 2.51. The van der Waals surface area contributed by atoms with Crippen molar-refractivity contribution in [2.75, 3.05) is 6.54 Å². The van der Waals surface area contributed by atoms with Crippen LogP contribution in [0.1, 0.15) is 51.0 Å². The second-order valence-corrected chi connectivity index (χ2v) is 9.12. The van der Waals surface area contributed by atoms with Gasteiger partial charge in [-0.25, -0.2) is 4.39 Å². The number of allylic oxidation sites excluding steroid dienone is 1. The molecule has 0 saturated carbocycles. The molecule has 2 rings (SSSR count). The van der Waals surface area contributed by atoms with Crippen molar-refractivity contribution in [3.8, 4) is 0 Å². The molecule has 2 aromatic carbocycles. The number of nitrogens with one attached hydrogen (secondary N) is 2. The van der Waals surface area contributed by atoms with Gasteiger partial charge >= 0.3 is 18.5 Å². The molecule has 0 bridgehead atoms. The summed E-state index contributed by atoms with van der Waals surface area (Å²) in [6, 6.07) is 1.39. The number of hydrogen-bond acceptors (Lipinski definition) is 2. The Morgan fingerprint density at radius 2 is 1.50 bits per heavy atom. The molecule has 0 fully saturated rings. The fraction of sp³-hybridized carbons (Fsp3) is 0.259. The van der Waals surface area contributed by atoms with Crippen LogP contribution < -0.4 is 10.6 Å². The number of carbonyl (C=O) groups excluding carboxylic acids is 2. The standard InChI is InChI=1S/C27H21ClF10N2O2/c1-4-14-8-17(9-15(5-2)22(14)28)19(26(33,34)35)11-21(29)16-6-7-18(20(10-16)27(36,37)38)24(42)40-13(3)23(41)39-12-25(30,31)32/h4-11,13,19H,1-2,12H2,3H3,(H,39,41)(H,40,42)/b21-11-/t13-,19?/m1/s1. The Hall–Kier alpha value is -3.81. The maximum absolute atomic E-state index is 15.1. The highest BCUT2D eigenvalue weighted by atomic mass is 35.5. The van der Waals surface area contributed by atoms with E-state index < -0.39 is 76.9 Å². The number of amides is 2. The summed E-state index contributed by atoms with van der Waals surface area (Å²) in [5.74, 6) is -7.29. The lowest BCUT2D eigenvalue weighted by molar-refractivity contribution is -0.140. The summed E-state index contributed by atoms with van der Waals surface area (Å²) in [4.78, 5) is 24.2. The predicted octanol–water partition coefficient (Wildman–Crippen LogP) is 8.10. The fourth-order valence-corrected chi connectivity index (χ4v) is 3.86. The van der Waals surface area contributed by atoms with E-state index in [1.165, 1.54) is 5.32 Å². The monoisotopic (exact) mass is 630 g/mol. The van der Waals surface area contributed by atoms with Gasteiger partial charge in [0.25, 0.3) is 5.91 Å². The molecule has 0 aliphatic carbocycles. The predicted molar refractivity (Wildman–Crippen MR) is 137 cm³/mol. The van der Waals surface area contributed by atoms with Crippen molar-refractivity contribution in [1.82, 2.24) is 10.6 Å². The van der Waals surface area contributed by atoms with E-state index >= 15 is 4.39 Å². The molecule has 0 heterocycles. The number of rotatable bonds is 9. The highest BCUT2D eigenvalue weighted by Gasteiger charge is 2.41. The molecule has 228 valence electrons. The molecule has 4 nitrogen and oxygen atoms in total. The molecule has 2 amide bonds. The molecule has 0 aliphatic heterocycles. The molecular formula is C27H21ClF10N2O2. The van der Waals surface area contributed by atoms with Gasteiger partial charge in [-0.1, -0.05) is 43.0 Å². The molecule has 1 unspecified atom stereocenters. The first-order chi connectivity index (χ1) is 19.2. The fourth-order valence-electron chi connectivity index (χ4n) is 3.60. The highest BCUT2D eigenvalue weighted by Crippen LogP contribution is 2.41. The van der Waals surface area contributed by atoms with Gasteiger partial charge in [-0.3, -0.25) is 9.59 Å². The van der Waals surface area contributed by atoms with Crippen LogP contribution in [0.25, 0.3) is 18.0 Å². The zero-order valence-corrected chi connectivity index (χ0v) is 22.1. The summed E-state index contributed by atoms with van der Waals surface area (Å²) in [5, 5.41) is 3.25. The molecule has 0 saturated heterocycles. The number of alkyl halides is 9. The summed E-state index contributed by atoms with van der Waals surface area (Å²) in [6.45, 7) is 6.02. The summed E-state index contributed by atoms with van der Waals surface area (Å²) in [5.41, 5.74) is -4.30. The van der Waals surface area contributed by atoms with Crippen LogP contribution in [0.15, 0.2) is 49.6 Å². The van der Waals surface area contributed by atoms with Crippen LogP contribution in [0.2, 0.25) is 5.02 Å². The number of hydrogen-bond donors (Lipinski definition) is 2. The third-order valence-corrected chi connectivity index (χ3v) is 6.10. The van der Waals surface area contributed by atoms with E-state index in [1.807, 2.05) is 0 Å². The van der Waals surface area contributed by atoms with E-state index in [4.69, 9.17) is 11.6 Å². The highest BCUT2D eigenvalue weighted by molar-refractivity contribution is 6.33. The van der Waals surface area contributed by atoms with Crippen LogP contribution in [0.5, 0.6) is 0 Å². The van der Waals surface area contributed by atoms with Crippen molar-refractivity contribution in [2.45, 2.75) is 37.4 Å². The van der Waals surface area contributed by atoms with E-state index in [0.717, 1.165) is 31.2 Å². The van der Waals surface area contributed by atoms with Crippen molar-refractivity contribution in [3.63, 3.8) is 0 Å². The van der Waals surface area contributed by atoms with Gasteiger partial charge in [0.05, 0.1) is 16.1 Å². The molecule has 2 aromatic rings. The quantitative estimate of drug-likeness (QED) is 0.275. The largest absolute Gasteiger partial charge is 0.417 e. The Labute approximate surface area is 237 Å². The lowest BCUT2D eigenvalue weighted by Crippen LogP contribution is -2.47. The van der Waals surface area contributed by atoms with Crippen LogP contribution in [-0.2, 0) is 11.0 Å². The second-order valence-electron chi connectivity index (χ2n) is 8.74. The summed E-state index contributed by atoms with van der Waals surface area (Å²) >= 11 is 6.06. The van der Waals surface area contributed by atoms with E-state index in [2.05, 4.69) is 13.2 Å². The van der Waals surface area contributed by atoms with Crippen LogP contribution in [0, 0.1) is 0 Å². The van der Waals surface area contributed by atoms with Crippen molar-refractivity contribution >= 4 is 41.4 Å². The van der Waals surface area contributed by atoms with Crippen molar-refractivity contribution in [1.29, 1.82) is 0 Å². The lowest BCUT2D eigenvalue weighted by Gasteiger charge is -2.20. The van der Waals surface area contributed by atoms with Crippen molar-refractivity contribution < 1.29 is 53.5 Å². The molecule has 2 N–H and O–H groups in total. The van der Waals surface area contributed by atoms with Crippen LogP contribution >= 0.6 is 11.6 Å². The van der Waals surface area contributed by atoms with E-state index in [-0.39, 0.29) is 28.3 Å². The molecule has 0 aliphatic rings. The van der Waals surface area contributed by atoms with Gasteiger partial charge in [-0.05, 0) is 54.0 Å². The number of halogens is 11. The Kier molecular flexibility index (Phi) is 10.7. The van der Waals surface area contributed by atoms with Crippen molar-refractivity contribution in [2.24, 2.45) is 0 Å². The molecule has 0 spiro atoms. The second kappa shape index (κ2) is 13.0. The minimum atomic E-state index is -5.33. The molecule has 42 heavy (non-hydrogen) atoms. The molecular weight excluding hydrogens is 610 g/mol. The minimum absolute atomic E-state index is 0.0185. The number of benzene rings is 2. The molecule has 2 atom stereocenters. The zero-order chi connectivity index (χ0) is 32.2. The average Bonchev–Trinajstić information content (AvgIpc) is 2.88. The first kappa shape index (κ1) is 34.4. The van der Waals surface area contributed by atoms with Gasteiger partial charge in [0.2, 0.25) is 5.91 Å². The SMILES string of the molecule is C=Cc1cc(C(/C=C(\F)c2ccc(C(=O)N[C@H](C)C(=O)NCC(F)(F)F)c(C(F)(F)F)c2)C(F)(F)F)cc(C=C)c1Cl. The molecule has 15 heteroatoms. The molecule has 0 radical (unpaired) electrons. The lowest BCUT2D eigenvalue weighted by atomic mass is 9.92. The minimum Gasteiger partial charge on any atom is -0.345 e. The third-order valence-electron chi connectivity index (χ3n) is 5.67. The third kappa shape index (κ3) is 8.84. The first-order valence-electron chi connectivity index (χ1n) is 11.6. The van der Waals surface area contributed by atoms with E-state index in [0.29, 0.717) is 12.1 Å². The average molecular weight is 631 g/mol. The summed E-state index contributed by atoms with van der Waals surface area (Å²) in [7, 11) is 0. The first-order valence-corrected chi connectivity index (χ1v) is 12.0. The Morgan fingerprint density at radius 3 is 1.95 bits per heavy atom. The van der Waals surface area contributed by atoms with Gasteiger partial charge in [0, 0.05) is 5.56 Å². The maximum Gasteiger partial charge on any atom is 0.417 e. The van der Waals surface area contributed by atoms with Gasteiger partial charge in [0.15, 0.2) is 0 Å². The smallest absolute Gasteiger partial charge is 0.345 e. The summed E-state index contributed by atoms with van der Waals surface area (Å²) < 4.78 is 135. The van der Waals surface area contributed by atoms with Gasteiger partial charge in [-0.2, -0.15) is 39.5 Å². The topological polar surface area (TPSA) is 58.2 Å². The normalized spacial score (nSPS) is 14.1. The zero-order valence-electron chi connectivity index (χ0n) is 21.4. The number of carbonyl (C=O) groups is 2. The van der Waals surface area contributed by atoms with Gasteiger partial charge < -0.3 is 10.6 Å². The Bertz CT molecular complexity index is 1370. The van der Waals surface area contributed by atoms with E-state index in [1.54, 1.807) is 5.32 Å². The van der Waals surface area contributed by atoms with Crippen LogP contribution in [0.4, 0.5) is 43.9 Å². The van der Waals surface area contributed by atoms with Crippen LogP contribution in [-0.4, -0.2) is 36.8 Å².